The molecule has 2 aromatic rings. The minimum atomic E-state index is -3.85. The molecule has 0 atom stereocenters. The molecule has 0 unspecified atom stereocenters. The first-order chi connectivity index (χ1) is 9.81. The van der Waals surface area contributed by atoms with Crippen LogP contribution in [0.4, 0.5) is 9.93 Å². The summed E-state index contributed by atoms with van der Waals surface area (Å²) in [5, 5.41) is 4.25. The Bertz CT molecular complexity index is 767. The van der Waals surface area contributed by atoms with Gasteiger partial charge < -0.3 is 0 Å². The number of carbonyl (C=O) groups excluding carboxylic acids is 1. The second kappa shape index (κ2) is 6.42. The number of thiophene rings is 1. The van der Waals surface area contributed by atoms with E-state index in [0.29, 0.717) is 11.6 Å². The van der Waals surface area contributed by atoms with Crippen molar-refractivity contribution in [3.63, 3.8) is 0 Å². The quantitative estimate of drug-likeness (QED) is 0.809. The van der Waals surface area contributed by atoms with E-state index in [1.807, 2.05) is 11.6 Å². The number of nitrogens with zero attached hydrogens (tertiary/aromatic N) is 1. The number of hydrogen-bond donors (Lipinski definition) is 2. The first kappa shape index (κ1) is 16.4. The Hall–Kier alpha value is -0.970. The number of thiazole rings is 1. The average Bonchev–Trinajstić information content (AvgIpc) is 2.95. The van der Waals surface area contributed by atoms with Gasteiger partial charge in [0.15, 0.2) is 5.13 Å². The number of amides is 2. The number of carbonyl (C=O) groups is 1. The summed E-state index contributed by atoms with van der Waals surface area (Å²) in [6.07, 6.45) is 0.715. The summed E-state index contributed by atoms with van der Waals surface area (Å²) in [5.41, 5.74) is 0.812. The standard InChI is InChI=1S/C11H12BrN3O3S3/c1-3-8-9(12)20-11(13-8)14-10(16)15-21(17,18)7-4-6(2)19-5-7/h4-5H,3H2,1-2H3,(H2,13,14,15,16). The number of aromatic nitrogens is 1. The minimum absolute atomic E-state index is 0.0784. The summed E-state index contributed by atoms with van der Waals surface area (Å²) < 4.78 is 26.7. The van der Waals surface area contributed by atoms with Gasteiger partial charge in [0, 0.05) is 10.3 Å². The number of aryl methyl sites for hydroxylation is 2. The van der Waals surface area contributed by atoms with Gasteiger partial charge in [-0.15, -0.1) is 11.3 Å². The van der Waals surface area contributed by atoms with Crippen molar-refractivity contribution in [1.29, 1.82) is 0 Å². The lowest BCUT2D eigenvalue weighted by molar-refractivity contribution is 0.256. The van der Waals surface area contributed by atoms with E-state index in [-0.39, 0.29) is 4.90 Å². The van der Waals surface area contributed by atoms with Gasteiger partial charge in [0.2, 0.25) is 0 Å². The Morgan fingerprint density at radius 1 is 1.48 bits per heavy atom. The van der Waals surface area contributed by atoms with Gasteiger partial charge in [-0.2, -0.15) is 0 Å². The van der Waals surface area contributed by atoms with Gasteiger partial charge in [-0.1, -0.05) is 18.3 Å². The zero-order valence-electron chi connectivity index (χ0n) is 11.1. The van der Waals surface area contributed by atoms with Gasteiger partial charge in [-0.3, -0.25) is 5.32 Å². The highest BCUT2D eigenvalue weighted by Gasteiger charge is 2.20. The van der Waals surface area contributed by atoms with Gasteiger partial charge >= 0.3 is 6.03 Å². The fraction of sp³-hybridized carbons (Fsp3) is 0.273. The fourth-order valence-electron chi connectivity index (χ4n) is 1.47. The maximum atomic E-state index is 12.0. The molecule has 0 aliphatic heterocycles. The lowest BCUT2D eigenvalue weighted by Gasteiger charge is -2.05. The Morgan fingerprint density at radius 2 is 2.19 bits per heavy atom. The fourth-order valence-corrected chi connectivity index (χ4v) is 5.11. The number of anilines is 1. The number of hydrogen-bond acceptors (Lipinski definition) is 6. The predicted octanol–water partition coefficient (Wildman–Crippen LogP) is 3.35. The molecule has 0 spiro atoms. The van der Waals surface area contributed by atoms with Gasteiger partial charge in [0.1, 0.15) is 0 Å². The molecule has 0 bridgehead atoms. The summed E-state index contributed by atoms with van der Waals surface area (Å²) in [4.78, 5) is 16.9. The Morgan fingerprint density at radius 3 is 2.71 bits per heavy atom. The molecule has 0 saturated heterocycles. The predicted molar refractivity (Wildman–Crippen MR) is 87.6 cm³/mol. The maximum Gasteiger partial charge on any atom is 0.334 e. The van der Waals surface area contributed by atoms with E-state index in [9.17, 15) is 13.2 Å². The molecule has 0 aliphatic rings. The molecular formula is C11H12BrN3O3S3. The molecule has 2 N–H and O–H groups in total. The zero-order valence-corrected chi connectivity index (χ0v) is 15.2. The van der Waals surface area contributed by atoms with Crippen LogP contribution in [0, 0.1) is 6.92 Å². The summed E-state index contributed by atoms with van der Waals surface area (Å²) in [7, 11) is -3.85. The smallest absolute Gasteiger partial charge is 0.283 e. The van der Waals surface area contributed by atoms with E-state index < -0.39 is 16.1 Å². The van der Waals surface area contributed by atoms with E-state index >= 15 is 0 Å². The molecule has 0 aromatic carbocycles. The highest BCUT2D eigenvalue weighted by Crippen LogP contribution is 2.28. The second-order valence-corrected chi connectivity index (χ2v) is 9.16. The molecule has 21 heavy (non-hydrogen) atoms. The van der Waals surface area contributed by atoms with Crippen LogP contribution < -0.4 is 10.0 Å². The van der Waals surface area contributed by atoms with Crippen LogP contribution in [-0.2, 0) is 16.4 Å². The number of rotatable bonds is 4. The monoisotopic (exact) mass is 409 g/mol. The molecular weight excluding hydrogens is 398 g/mol. The normalized spacial score (nSPS) is 11.4. The molecule has 2 amide bonds. The number of nitrogens with one attached hydrogen (secondary N) is 2. The minimum Gasteiger partial charge on any atom is -0.283 e. The molecule has 6 nitrogen and oxygen atoms in total. The first-order valence-corrected chi connectivity index (χ1v) is 9.83. The van der Waals surface area contributed by atoms with Crippen LogP contribution in [0.1, 0.15) is 17.5 Å². The van der Waals surface area contributed by atoms with Gasteiger partial charge in [0.25, 0.3) is 10.0 Å². The highest BCUT2D eigenvalue weighted by molar-refractivity contribution is 9.11. The van der Waals surface area contributed by atoms with Crippen molar-refractivity contribution in [1.82, 2.24) is 9.71 Å². The molecule has 0 aliphatic carbocycles. The number of urea groups is 1. The molecule has 0 saturated carbocycles. The molecule has 0 fully saturated rings. The number of sulfonamides is 1. The molecule has 2 heterocycles. The van der Waals surface area contributed by atoms with E-state index in [1.165, 1.54) is 34.1 Å². The molecule has 2 aromatic heterocycles. The van der Waals surface area contributed by atoms with E-state index in [0.717, 1.165) is 14.4 Å². The topological polar surface area (TPSA) is 88.2 Å². The molecule has 10 heteroatoms. The van der Waals surface area contributed by atoms with Gasteiger partial charge in [-0.05, 0) is 35.3 Å². The van der Waals surface area contributed by atoms with Crippen molar-refractivity contribution in [2.24, 2.45) is 0 Å². The van der Waals surface area contributed by atoms with Gasteiger partial charge in [-0.25, -0.2) is 22.9 Å². The SMILES string of the molecule is CCc1nc(NC(=O)NS(=O)(=O)c2csc(C)c2)sc1Br. The summed E-state index contributed by atoms with van der Waals surface area (Å²) in [5.74, 6) is 0. The van der Waals surface area contributed by atoms with Crippen LogP contribution in [-0.4, -0.2) is 19.4 Å². The van der Waals surface area contributed by atoms with Gasteiger partial charge in [0.05, 0.1) is 14.4 Å². The van der Waals surface area contributed by atoms with Crippen molar-refractivity contribution in [3.8, 4) is 0 Å². The van der Waals surface area contributed by atoms with Crippen molar-refractivity contribution < 1.29 is 13.2 Å². The van der Waals surface area contributed by atoms with Crippen LogP contribution in [0.2, 0.25) is 0 Å². The van der Waals surface area contributed by atoms with Crippen LogP contribution >= 0.6 is 38.6 Å². The van der Waals surface area contributed by atoms with Crippen molar-refractivity contribution in [3.05, 3.63) is 25.8 Å². The first-order valence-electron chi connectivity index (χ1n) is 5.86. The second-order valence-electron chi connectivity index (χ2n) is 4.05. The summed E-state index contributed by atoms with van der Waals surface area (Å²) in [6, 6.07) is 0.679. The van der Waals surface area contributed by atoms with E-state index in [1.54, 1.807) is 6.92 Å². The molecule has 2 rings (SSSR count). The van der Waals surface area contributed by atoms with Crippen LogP contribution in [0.5, 0.6) is 0 Å². The summed E-state index contributed by atoms with van der Waals surface area (Å²) in [6.45, 7) is 3.73. The lowest BCUT2D eigenvalue weighted by Crippen LogP contribution is -2.34. The van der Waals surface area contributed by atoms with E-state index in [2.05, 4.69) is 26.2 Å². The average molecular weight is 410 g/mol. The van der Waals surface area contributed by atoms with Crippen LogP contribution in [0.15, 0.2) is 20.1 Å². The van der Waals surface area contributed by atoms with E-state index in [4.69, 9.17) is 0 Å². The third-order valence-electron chi connectivity index (χ3n) is 2.45. The highest BCUT2D eigenvalue weighted by atomic mass is 79.9. The van der Waals surface area contributed by atoms with Crippen molar-refractivity contribution >= 4 is 59.8 Å². The Balaban J connectivity index is 2.07. The zero-order chi connectivity index (χ0) is 15.6. The largest absolute Gasteiger partial charge is 0.334 e. The van der Waals surface area contributed by atoms with Crippen LogP contribution in [0.25, 0.3) is 0 Å². The Labute approximate surface area is 138 Å². The third kappa shape index (κ3) is 4.02. The Kier molecular flexibility index (Phi) is 5.02. The third-order valence-corrected chi connectivity index (χ3v) is 6.51. The summed E-state index contributed by atoms with van der Waals surface area (Å²) >= 11 is 5.87. The van der Waals surface area contributed by atoms with Crippen LogP contribution in [0.3, 0.4) is 0 Å². The van der Waals surface area contributed by atoms with Crippen molar-refractivity contribution in [2.45, 2.75) is 25.2 Å². The molecule has 0 radical (unpaired) electrons. The number of halogens is 1. The lowest BCUT2D eigenvalue weighted by atomic mass is 10.4. The maximum absolute atomic E-state index is 12.0. The van der Waals surface area contributed by atoms with Crippen molar-refractivity contribution in [2.75, 3.05) is 5.32 Å². The molecule has 114 valence electrons.